The van der Waals surface area contributed by atoms with Crippen molar-refractivity contribution in [1.29, 1.82) is 0 Å². The molecule has 0 bridgehead atoms. The smallest absolute Gasteiger partial charge is 0.296 e. The fourth-order valence-corrected chi connectivity index (χ4v) is 2.62. The van der Waals surface area contributed by atoms with E-state index in [1.165, 1.54) is 0 Å². The first-order chi connectivity index (χ1) is 12.5. The molecule has 8 nitrogen and oxygen atoms in total. The summed E-state index contributed by atoms with van der Waals surface area (Å²) in [5.74, 6) is 1.40. The van der Waals surface area contributed by atoms with Gasteiger partial charge in [-0.05, 0) is 24.3 Å². The molecular weight excluding hydrogens is 358 g/mol. The molecule has 0 fully saturated rings. The van der Waals surface area contributed by atoms with Gasteiger partial charge in [-0.2, -0.15) is 4.99 Å². The standard InChI is InChI=1S/C17H18ClN5O3/c1-21-17(20)23-16(24)15-6-12-13(18)4-11(5-14(12)22-15)25-8-10-3-2-9(7-19)26-10/h2-6,22H,7-8,19H2,1H3,(H3,20,21,23,24). The molecule has 0 radical (unpaired) electrons. The predicted molar refractivity (Wildman–Crippen MR) is 99.3 cm³/mol. The second kappa shape index (κ2) is 7.51. The van der Waals surface area contributed by atoms with Gasteiger partial charge in [0.2, 0.25) is 0 Å². The lowest BCUT2D eigenvalue weighted by atomic mass is 10.2. The molecule has 0 aliphatic rings. The van der Waals surface area contributed by atoms with E-state index in [4.69, 9.17) is 32.2 Å². The molecule has 0 aliphatic heterocycles. The number of rotatable bonds is 5. The van der Waals surface area contributed by atoms with Gasteiger partial charge in [0.05, 0.1) is 17.1 Å². The number of nitrogens with zero attached hydrogens (tertiary/aromatic N) is 1. The highest BCUT2D eigenvalue weighted by Gasteiger charge is 2.13. The number of hydrogen-bond acceptors (Lipinski definition) is 4. The lowest BCUT2D eigenvalue weighted by Crippen LogP contribution is -2.28. The number of ether oxygens (including phenoxy) is 1. The van der Waals surface area contributed by atoms with Gasteiger partial charge in [0.25, 0.3) is 5.91 Å². The number of amides is 1. The summed E-state index contributed by atoms with van der Waals surface area (Å²) >= 11 is 6.30. The molecule has 0 aliphatic carbocycles. The molecule has 26 heavy (non-hydrogen) atoms. The van der Waals surface area contributed by atoms with Crippen molar-refractivity contribution in [3.8, 4) is 5.75 Å². The SMILES string of the molecule is CNC(N)=NC(=O)c1cc2c(Cl)cc(OCc3ccc(CN)o3)cc2[nH]1. The summed E-state index contributed by atoms with van der Waals surface area (Å²) in [4.78, 5) is 18.8. The van der Waals surface area contributed by atoms with Crippen LogP contribution in [0, 0.1) is 0 Å². The van der Waals surface area contributed by atoms with Crippen molar-refractivity contribution in [2.45, 2.75) is 13.2 Å². The van der Waals surface area contributed by atoms with Gasteiger partial charge < -0.3 is 30.9 Å². The van der Waals surface area contributed by atoms with E-state index in [9.17, 15) is 4.79 Å². The highest BCUT2D eigenvalue weighted by molar-refractivity contribution is 6.35. The molecule has 136 valence electrons. The van der Waals surface area contributed by atoms with Crippen molar-refractivity contribution < 1.29 is 13.9 Å². The second-order valence-corrected chi connectivity index (χ2v) is 5.87. The van der Waals surface area contributed by atoms with Gasteiger partial charge in [-0.1, -0.05) is 11.6 Å². The third-order valence-electron chi connectivity index (χ3n) is 3.67. The summed E-state index contributed by atoms with van der Waals surface area (Å²) in [6.45, 7) is 0.564. The molecule has 9 heteroatoms. The van der Waals surface area contributed by atoms with Crippen LogP contribution in [0.2, 0.25) is 5.02 Å². The number of nitrogens with two attached hydrogens (primary N) is 2. The first kappa shape index (κ1) is 17.8. The Hall–Kier alpha value is -2.97. The third-order valence-corrected chi connectivity index (χ3v) is 3.98. The largest absolute Gasteiger partial charge is 0.486 e. The molecule has 0 saturated carbocycles. The number of aliphatic imine (C=N–C) groups is 1. The van der Waals surface area contributed by atoms with Crippen LogP contribution in [0.15, 0.2) is 39.7 Å². The van der Waals surface area contributed by atoms with E-state index < -0.39 is 5.91 Å². The van der Waals surface area contributed by atoms with Gasteiger partial charge in [-0.3, -0.25) is 4.79 Å². The van der Waals surface area contributed by atoms with Crippen LogP contribution in [-0.2, 0) is 13.2 Å². The molecule has 0 unspecified atom stereocenters. The van der Waals surface area contributed by atoms with Gasteiger partial charge in [0, 0.05) is 18.5 Å². The molecule has 1 aromatic carbocycles. The van der Waals surface area contributed by atoms with E-state index in [1.54, 1.807) is 37.4 Å². The van der Waals surface area contributed by atoms with Gasteiger partial charge in [-0.15, -0.1) is 0 Å². The minimum atomic E-state index is -0.503. The zero-order chi connectivity index (χ0) is 18.7. The Balaban J connectivity index is 1.81. The summed E-state index contributed by atoms with van der Waals surface area (Å²) < 4.78 is 11.2. The van der Waals surface area contributed by atoms with Crippen LogP contribution < -0.4 is 21.5 Å². The maximum atomic E-state index is 12.1. The zero-order valence-electron chi connectivity index (χ0n) is 14.0. The number of H-pyrrole nitrogens is 1. The molecule has 0 saturated heterocycles. The van der Waals surface area contributed by atoms with Crippen molar-refractivity contribution in [3.05, 3.63) is 52.6 Å². The van der Waals surface area contributed by atoms with Crippen LogP contribution in [0.5, 0.6) is 5.75 Å². The average Bonchev–Trinajstić information content (AvgIpc) is 3.26. The quantitative estimate of drug-likeness (QED) is 0.399. The Morgan fingerprint density at radius 3 is 2.81 bits per heavy atom. The normalized spacial score (nSPS) is 11.7. The maximum Gasteiger partial charge on any atom is 0.296 e. The minimum absolute atomic E-state index is 0.0269. The predicted octanol–water partition coefficient (Wildman–Crippen LogP) is 2.13. The monoisotopic (exact) mass is 375 g/mol. The van der Waals surface area contributed by atoms with Crippen LogP contribution in [0.4, 0.5) is 0 Å². The number of carbonyl (C=O) groups is 1. The molecule has 0 spiro atoms. The summed E-state index contributed by atoms with van der Waals surface area (Å²) in [6, 6.07) is 8.64. The molecule has 0 atom stereocenters. The summed E-state index contributed by atoms with van der Waals surface area (Å²) in [5, 5.41) is 3.72. The maximum absolute atomic E-state index is 12.1. The number of carbonyl (C=O) groups excluding carboxylic acids is 1. The Morgan fingerprint density at radius 2 is 2.12 bits per heavy atom. The molecule has 3 rings (SSSR count). The number of halogens is 1. The zero-order valence-corrected chi connectivity index (χ0v) is 14.8. The number of furan rings is 1. The minimum Gasteiger partial charge on any atom is -0.486 e. The number of aromatic nitrogens is 1. The van der Waals surface area contributed by atoms with Crippen LogP contribution >= 0.6 is 11.6 Å². The van der Waals surface area contributed by atoms with Crippen LogP contribution in [0.25, 0.3) is 10.9 Å². The lowest BCUT2D eigenvalue weighted by molar-refractivity contribution is 0.0998. The lowest BCUT2D eigenvalue weighted by Gasteiger charge is -2.05. The Labute approximate surface area is 154 Å². The summed E-state index contributed by atoms with van der Waals surface area (Å²) in [5.41, 5.74) is 11.9. The van der Waals surface area contributed by atoms with E-state index in [0.717, 1.165) is 0 Å². The Bertz CT molecular complexity index is 976. The molecular formula is C17H18ClN5O3. The molecule has 6 N–H and O–H groups in total. The van der Waals surface area contributed by atoms with Gasteiger partial charge >= 0.3 is 0 Å². The molecule has 2 heterocycles. The van der Waals surface area contributed by atoms with Gasteiger partial charge in [-0.25, -0.2) is 0 Å². The highest BCUT2D eigenvalue weighted by atomic mass is 35.5. The Kier molecular flexibility index (Phi) is 5.15. The van der Waals surface area contributed by atoms with Crippen molar-refractivity contribution >= 4 is 34.4 Å². The van der Waals surface area contributed by atoms with Crippen molar-refractivity contribution in [2.24, 2.45) is 16.5 Å². The number of hydrogen-bond donors (Lipinski definition) is 4. The van der Waals surface area contributed by atoms with Gasteiger partial charge in [0.15, 0.2) is 5.96 Å². The van der Waals surface area contributed by atoms with E-state index in [1.807, 2.05) is 0 Å². The van der Waals surface area contributed by atoms with E-state index in [2.05, 4.69) is 15.3 Å². The third kappa shape index (κ3) is 3.81. The number of benzene rings is 1. The van der Waals surface area contributed by atoms with Crippen molar-refractivity contribution in [1.82, 2.24) is 10.3 Å². The molecule has 1 amide bonds. The Morgan fingerprint density at radius 1 is 1.35 bits per heavy atom. The van der Waals surface area contributed by atoms with Crippen molar-refractivity contribution in [3.63, 3.8) is 0 Å². The number of nitrogens with one attached hydrogen (secondary N) is 2. The first-order valence-corrected chi connectivity index (χ1v) is 8.17. The summed E-state index contributed by atoms with van der Waals surface area (Å²) in [6.07, 6.45) is 0. The summed E-state index contributed by atoms with van der Waals surface area (Å²) in [7, 11) is 1.58. The topological polar surface area (TPSA) is 132 Å². The first-order valence-electron chi connectivity index (χ1n) is 7.79. The second-order valence-electron chi connectivity index (χ2n) is 5.46. The van der Waals surface area contributed by atoms with Crippen LogP contribution in [-0.4, -0.2) is 23.9 Å². The number of fused-ring (bicyclic) bond motifs is 1. The van der Waals surface area contributed by atoms with E-state index >= 15 is 0 Å². The fourth-order valence-electron chi connectivity index (χ4n) is 2.36. The van der Waals surface area contributed by atoms with E-state index in [-0.39, 0.29) is 18.3 Å². The van der Waals surface area contributed by atoms with Crippen LogP contribution in [0.3, 0.4) is 0 Å². The van der Waals surface area contributed by atoms with E-state index in [0.29, 0.717) is 39.7 Å². The number of aromatic amines is 1. The highest BCUT2D eigenvalue weighted by Crippen LogP contribution is 2.30. The average molecular weight is 376 g/mol. The van der Waals surface area contributed by atoms with Gasteiger partial charge in [0.1, 0.15) is 29.6 Å². The van der Waals surface area contributed by atoms with Crippen molar-refractivity contribution in [2.75, 3.05) is 7.05 Å². The molecule has 3 aromatic rings. The molecule has 2 aromatic heterocycles. The number of guanidine groups is 1. The van der Waals surface area contributed by atoms with Crippen LogP contribution in [0.1, 0.15) is 22.0 Å². The fraction of sp³-hybridized carbons (Fsp3) is 0.176.